The molecule has 1 aliphatic heterocycles. The molecule has 104 valence electrons. The van der Waals surface area contributed by atoms with Gasteiger partial charge in [-0.1, -0.05) is 0 Å². The molecule has 1 aromatic rings. The minimum atomic E-state index is -0.456. The average Bonchev–Trinajstić information content (AvgIpc) is 2.43. The molecular formula is C13H18N2O4. The van der Waals surface area contributed by atoms with E-state index in [4.69, 9.17) is 10.5 Å². The zero-order chi connectivity index (χ0) is 13.9. The minimum Gasteiger partial charge on any atom is -0.504 e. The number of phenolic OH excluding ortho intramolecular Hbond substituents is 2. The topological polar surface area (TPSA) is 105 Å². The number of ether oxygens (including phenoxy) is 1. The van der Waals surface area contributed by atoms with Gasteiger partial charge in [-0.15, -0.1) is 0 Å². The van der Waals surface area contributed by atoms with Crippen LogP contribution in [0.4, 0.5) is 0 Å². The summed E-state index contributed by atoms with van der Waals surface area (Å²) in [6.07, 6.45) is 1.33. The molecule has 1 fully saturated rings. The first-order valence-corrected chi connectivity index (χ1v) is 6.19. The van der Waals surface area contributed by atoms with Crippen molar-refractivity contribution >= 4 is 5.91 Å². The van der Waals surface area contributed by atoms with Crippen LogP contribution in [-0.4, -0.2) is 41.4 Å². The van der Waals surface area contributed by atoms with Gasteiger partial charge in [0.2, 0.25) is 0 Å². The molecule has 2 rings (SSSR count). The third-order valence-electron chi connectivity index (χ3n) is 3.46. The second kappa shape index (κ2) is 5.46. The molecule has 0 spiro atoms. The third-order valence-corrected chi connectivity index (χ3v) is 3.46. The molecule has 0 aliphatic carbocycles. The molecule has 0 aromatic heterocycles. The van der Waals surface area contributed by atoms with E-state index in [0.717, 1.165) is 0 Å². The van der Waals surface area contributed by atoms with Gasteiger partial charge in [0.25, 0.3) is 5.91 Å². The van der Waals surface area contributed by atoms with Crippen LogP contribution in [0.3, 0.4) is 0 Å². The quantitative estimate of drug-likeness (QED) is 0.590. The highest BCUT2D eigenvalue weighted by Gasteiger charge is 2.33. The van der Waals surface area contributed by atoms with Gasteiger partial charge < -0.3 is 26.0 Å². The summed E-state index contributed by atoms with van der Waals surface area (Å²) in [5.41, 5.74) is 5.59. The zero-order valence-electron chi connectivity index (χ0n) is 10.6. The van der Waals surface area contributed by atoms with E-state index in [-0.39, 0.29) is 23.0 Å². The maximum atomic E-state index is 12.1. The maximum absolute atomic E-state index is 12.1. The summed E-state index contributed by atoms with van der Waals surface area (Å²) in [6, 6.07) is 3.96. The first-order valence-electron chi connectivity index (χ1n) is 6.19. The number of amides is 1. The van der Waals surface area contributed by atoms with Gasteiger partial charge in [-0.05, 0) is 31.0 Å². The predicted molar refractivity (Wildman–Crippen MR) is 69.1 cm³/mol. The number of phenols is 2. The van der Waals surface area contributed by atoms with Crippen LogP contribution in [0.1, 0.15) is 23.2 Å². The van der Waals surface area contributed by atoms with Crippen molar-refractivity contribution in [3.8, 4) is 11.5 Å². The standard InChI is InChI=1S/C13H18N2O4/c14-8-13(3-5-19-6-4-13)15-12(18)9-1-2-10(16)11(17)7-9/h1-2,7,16-17H,3-6,8,14H2,(H,15,18). The Bertz CT molecular complexity index is 470. The number of nitrogens with two attached hydrogens (primary N) is 1. The molecule has 5 N–H and O–H groups in total. The lowest BCUT2D eigenvalue weighted by atomic mass is 9.89. The number of aromatic hydroxyl groups is 2. The molecule has 6 heteroatoms. The van der Waals surface area contributed by atoms with Crippen LogP contribution < -0.4 is 11.1 Å². The summed E-state index contributed by atoms with van der Waals surface area (Å²) in [5.74, 6) is -0.889. The highest BCUT2D eigenvalue weighted by molar-refractivity contribution is 5.95. The summed E-state index contributed by atoms with van der Waals surface area (Å²) in [6.45, 7) is 1.47. The van der Waals surface area contributed by atoms with Crippen molar-refractivity contribution in [3.05, 3.63) is 23.8 Å². The summed E-state index contributed by atoms with van der Waals surface area (Å²) < 4.78 is 5.27. The first kappa shape index (κ1) is 13.6. The van der Waals surface area contributed by atoms with Crippen LogP contribution in [0, 0.1) is 0 Å². The summed E-state index contributed by atoms with van der Waals surface area (Å²) >= 11 is 0. The van der Waals surface area contributed by atoms with Gasteiger partial charge in [-0.2, -0.15) is 0 Å². The van der Waals surface area contributed by atoms with Crippen molar-refractivity contribution in [1.29, 1.82) is 0 Å². The molecule has 0 bridgehead atoms. The van der Waals surface area contributed by atoms with Gasteiger partial charge in [0.05, 0.1) is 5.54 Å². The molecule has 0 unspecified atom stereocenters. The molecule has 0 saturated carbocycles. The van der Waals surface area contributed by atoms with Crippen molar-refractivity contribution in [1.82, 2.24) is 5.32 Å². The largest absolute Gasteiger partial charge is 0.504 e. The summed E-state index contributed by atoms with van der Waals surface area (Å²) in [5, 5.41) is 21.5. The van der Waals surface area contributed by atoms with E-state index in [0.29, 0.717) is 32.6 Å². The Hall–Kier alpha value is -1.79. The number of nitrogens with one attached hydrogen (secondary N) is 1. The van der Waals surface area contributed by atoms with Crippen molar-refractivity contribution in [2.24, 2.45) is 5.73 Å². The number of hydrogen-bond acceptors (Lipinski definition) is 5. The number of carbonyl (C=O) groups is 1. The lowest BCUT2D eigenvalue weighted by molar-refractivity contribution is 0.0388. The second-order valence-corrected chi connectivity index (χ2v) is 4.75. The van der Waals surface area contributed by atoms with Gasteiger partial charge in [-0.3, -0.25) is 4.79 Å². The average molecular weight is 266 g/mol. The molecule has 0 radical (unpaired) electrons. The molecule has 1 saturated heterocycles. The normalized spacial score (nSPS) is 17.9. The van der Waals surface area contributed by atoms with E-state index in [1.807, 2.05) is 0 Å². The SMILES string of the molecule is NCC1(NC(=O)c2ccc(O)c(O)c2)CCOCC1. The fraction of sp³-hybridized carbons (Fsp3) is 0.462. The fourth-order valence-corrected chi connectivity index (χ4v) is 2.12. The number of benzene rings is 1. The molecule has 6 nitrogen and oxygen atoms in total. The Labute approximate surface area is 111 Å². The van der Waals surface area contributed by atoms with Crippen molar-refractivity contribution in [3.63, 3.8) is 0 Å². The van der Waals surface area contributed by atoms with Crippen molar-refractivity contribution in [2.75, 3.05) is 19.8 Å². The first-order chi connectivity index (χ1) is 9.06. The van der Waals surface area contributed by atoms with Gasteiger partial charge in [0.1, 0.15) is 0 Å². The van der Waals surface area contributed by atoms with E-state index in [1.54, 1.807) is 0 Å². The highest BCUT2D eigenvalue weighted by Crippen LogP contribution is 2.26. The Kier molecular flexibility index (Phi) is 3.92. The lowest BCUT2D eigenvalue weighted by Crippen LogP contribution is -2.56. The molecule has 0 atom stereocenters. The maximum Gasteiger partial charge on any atom is 0.251 e. The zero-order valence-corrected chi connectivity index (χ0v) is 10.6. The molecule has 19 heavy (non-hydrogen) atoms. The van der Waals surface area contributed by atoms with Gasteiger partial charge in [-0.25, -0.2) is 0 Å². The van der Waals surface area contributed by atoms with E-state index < -0.39 is 5.54 Å². The minimum absolute atomic E-state index is 0.254. The van der Waals surface area contributed by atoms with Gasteiger partial charge >= 0.3 is 0 Å². The molecule has 1 aliphatic rings. The molecule has 1 amide bonds. The second-order valence-electron chi connectivity index (χ2n) is 4.75. The van der Waals surface area contributed by atoms with Gasteiger partial charge in [0, 0.05) is 25.3 Å². The van der Waals surface area contributed by atoms with Crippen LogP contribution in [0.25, 0.3) is 0 Å². The Balaban J connectivity index is 2.12. The van der Waals surface area contributed by atoms with Crippen molar-refractivity contribution in [2.45, 2.75) is 18.4 Å². The molecule has 1 heterocycles. The van der Waals surface area contributed by atoms with E-state index in [2.05, 4.69) is 5.32 Å². The van der Waals surface area contributed by atoms with Crippen LogP contribution in [0.5, 0.6) is 11.5 Å². The van der Waals surface area contributed by atoms with E-state index >= 15 is 0 Å². The number of rotatable bonds is 3. The molecular weight excluding hydrogens is 248 g/mol. The van der Waals surface area contributed by atoms with Crippen LogP contribution >= 0.6 is 0 Å². The predicted octanol–water partition coefficient (Wildman–Crippen LogP) is 0.336. The summed E-state index contributed by atoms with van der Waals surface area (Å²) in [4.78, 5) is 12.1. The smallest absolute Gasteiger partial charge is 0.251 e. The number of carbonyl (C=O) groups excluding carboxylic acids is 1. The Morgan fingerprint density at radius 1 is 1.32 bits per heavy atom. The lowest BCUT2D eigenvalue weighted by Gasteiger charge is -2.36. The van der Waals surface area contributed by atoms with Crippen LogP contribution in [-0.2, 0) is 4.74 Å². The third kappa shape index (κ3) is 2.97. The highest BCUT2D eigenvalue weighted by atomic mass is 16.5. The van der Waals surface area contributed by atoms with E-state index in [9.17, 15) is 15.0 Å². The van der Waals surface area contributed by atoms with Crippen LogP contribution in [0.15, 0.2) is 18.2 Å². The Morgan fingerprint density at radius 2 is 2.00 bits per heavy atom. The number of hydrogen-bond donors (Lipinski definition) is 4. The molecule has 1 aromatic carbocycles. The van der Waals surface area contributed by atoms with Crippen LogP contribution in [0.2, 0.25) is 0 Å². The van der Waals surface area contributed by atoms with Crippen molar-refractivity contribution < 1.29 is 19.7 Å². The van der Waals surface area contributed by atoms with Gasteiger partial charge in [0.15, 0.2) is 11.5 Å². The summed E-state index contributed by atoms with van der Waals surface area (Å²) in [7, 11) is 0. The Morgan fingerprint density at radius 3 is 2.58 bits per heavy atom. The fourth-order valence-electron chi connectivity index (χ4n) is 2.12. The monoisotopic (exact) mass is 266 g/mol. The van der Waals surface area contributed by atoms with E-state index in [1.165, 1.54) is 18.2 Å².